The Labute approximate surface area is 97.5 Å². The highest BCUT2D eigenvalue weighted by Crippen LogP contribution is 2.16. The Morgan fingerprint density at radius 1 is 1.50 bits per heavy atom. The average molecular weight is 261 g/mol. The van der Waals surface area contributed by atoms with Crippen LogP contribution in [0.3, 0.4) is 0 Å². The van der Waals surface area contributed by atoms with Gasteiger partial charge in [-0.25, -0.2) is 13.4 Å². The third-order valence-corrected chi connectivity index (χ3v) is 3.56. The molecule has 0 aliphatic carbocycles. The topological polar surface area (TPSA) is 98.0 Å². The molecule has 0 radical (unpaired) electrons. The highest BCUT2D eigenvalue weighted by molar-refractivity contribution is 7.94. The van der Waals surface area contributed by atoms with Crippen LogP contribution < -0.4 is 11.1 Å². The predicted octanol–water partition coefficient (Wildman–Crippen LogP) is 0.435. The van der Waals surface area contributed by atoms with Crippen molar-refractivity contribution in [2.75, 3.05) is 16.8 Å². The summed E-state index contributed by atoms with van der Waals surface area (Å²) in [5.41, 5.74) is 5.40. The van der Waals surface area contributed by atoms with Crippen molar-refractivity contribution < 1.29 is 8.42 Å². The highest BCUT2D eigenvalue weighted by atomic mass is 35.5. The highest BCUT2D eigenvalue weighted by Gasteiger charge is 2.21. The second-order valence-corrected chi connectivity index (χ2v) is 5.66. The van der Waals surface area contributed by atoms with Crippen LogP contribution >= 0.6 is 11.6 Å². The van der Waals surface area contributed by atoms with Crippen LogP contribution in [0.1, 0.15) is 0 Å². The molecule has 2 heterocycles. The Kier molecular flexibility index (Phi) is 2.73. The van der Waals surface area contributed by atoms with Gasteiger partial charge in [-0.1, -0.05) is 11.6 Å². The van der Waals surface area contributed by atoms with Crippen molar-refractivity contribution >= 4 is 33.2 Å². The molecule has 2 rings (SSSR count). The standard InChI is InChI=1S/C8H9ClN4O2S/c9-6-3-7(13-8(10)12-6)11-5-1-2-16(14,15)4-5/h1-3,5H,4H2,(H3,10,11,12,13). The van der Waals surface area contributed by atoms with Crippen molar-refractivity contribution in [1.82, 2.24) is 9.97 Å². The summed E-state index contributed by atoms with van der Waals surface area (Å²) < 4.78 is 22.3. The van der Waals surface area contributed by atoms with E-state index in [0.717, 1.165) is 0 Å². The molecule has 3 N–H and O–H groups in total. The molecule has 1 aliphatic heterocycles. The van der Waals surface area contributed by atoms with E-state index >= 15 is 0 Å². The first-order chi connectivity index (χ1) is 7.44. The molecule has 8 heteroatoms. The van der Waals surface area contributed by atoms with E-state index in [0.29, 0.717) is 5.82 Å². The molecule has 1 unspecified atom stereocenters. The molecule has 0 aromatic carbocycles. The summed E-state index contributed by atoms with van der Waals surface area (Å²) in [5, 5.41) is 4.28. The second-order valence-electron chi connectivity index (χ2n) is 3.34. The summed E-state index contributed by atoms with van der Waals surface area (Å²) in [7, 11) is -3.09. The van der Waals surface area contributed by atoms with Crippen molar-refractivity contribution in [3.63, 3.8) is 0 Å². The van der Waals surface area contributed by atoms with Gasteiger partial charge in [-0.05, 0) is 6.08 Å². The van der Waals surface area contributed by atoms with E-state index in [4.69, 9.17) is 17.3 Å². The number of anilines is 2. The zero-order chi connectivity index (χ0) is 11.8. The Bertz CT molecular complexity index is 523. The number of rotatable bonds is 2. The predicted molar refractivity (Wildman–Crippen MR) is 61.8 cm³/mol. The van der Waals surface area contributed by atoms with Crippen molar-refractivity contribution in [3.8, 4) is 0 Å². The van der Waals surface area contributed by atoms with Crippen LogP contribution in [0, 0.1) is 0 Å². The van der Waals surface area contributed by atoms with Crippen LogP contribution in [0.2, 0.25) is 5.15 Å². The minimum absolute atomic E-state index is 0.00846. The van der Waals surface area contributed by atoms with E-state index in [2.05, 4.69) is 15.3 Å². The molecule has 1 aromatic heterocycles. The van der Waals surface area contributed by atoms with Crippen molar-refractivity contribution in [3.05, 3.63) is 22.7 Å². The quantitative estimate of drug-likeness (QED) is 0.749. The Hall–Kier alpha value is -1.34. The number of nitrogens with one attached hydrogen (secondary N) is 1. The molecule has 0 fully saturated rings. The summed E-state index contributed by atoms with van der Waals surface area (Å²) in [6.07, 6.45) is 1.56. The van der Waals surface area contributed by atoms with Crippen molar-refractivity contribution in [1.29, 1.82) is 0 Å². The lowest BCUT2D eigenvalue weighted by molar-refractivity contribution is 0.605. The molecule has 86 valence electrons. The summed E-state index contributed by atoms with van der Waals surface area (Å²) in [5.74, 6) is 0.457. The number of hydrogen-bond donors (Lipinski definition) is 2. The molecule has 0 saturated carbocycles. The molecule has 1 aromatic rings. The van der Waals surface area contributed by atoms with Crippen LogP contribution in [-0.2, 0) is 9.84 Å². The van der Waals surface area contributed by atoms with Gasteiger partial charge < -0.3 is 11.1 Å². The van der Waals surface area contributed by atoms with Gasteiger partial charge in [0, 0.05) is 11.5 Å². The molecular formula is C8H9ClN4O2S. The van der Waals surface area contributed by atoms with E-state index in [-0.39, 0.29) is 22.9 Å². The lowest BCUT2D eigenvalue weighted by Gasteiger charge is -2.10. The van der Waals surface area contributed by atoms with Gasteiger partial charge in [-0.15, -0.1) is 0 Å². The van der Waals surface area contributed by atoms with Gasteiger partial charge in [0.1, 0.15) is 11.0 Å². The zero-order valence-corrected chi connectivity index (χ0v) is 9.66. The van der Waals surface area contributed by atoms with Gasteiger partial charge in [0.25, 0.3) is 0 Å². The van der Waals surface area contributed by atoms with E-state index in [1.165, 1.54) is 11.5 Å². The molecule has 0 spiro atoms. The largest absolute Gasteiger partial charge is 0.368 e. The van der Waals surface area contributed by atoms with Crippen LogP contribution in [0.15, 0.2) is 17.6 Å². The molecule has 0 saturated heterocycles. The smallest absolute Gasteiger partial charge is 0.223 e. The Morgan fingerprint density at radius 2 is 2.25 bits per heavy atom. The molecule has 6 nitrogen and oxygen atoms in total. The minimum Gasteiger partial charge on any atom is -0.368 e. The summed E-state index contributed by atoms with van der Waals surface area (Å²) in [6, 6.07) is 1.17. The summed E-state index contributed by atoms with van der Waals surface area (Å²) in [6.45, 7) is 0. The van der Waals surface area contributed by atoms with Gasteiger partial charge in [-0.2, -0.15) is 4.98 Å². The van der Waals surface area contributed by atoms with E-state index in [1.807, 2.05) is 0 Å². The number of hydrogen-bond acceptors (Lipinski definition) is 6. The molecular weight excluding hydrogens is 252 g/mol. The maximum atomic E-state index is 11.2. The molecule has 0 bridgehead atoms. The maximum absolute atomic E-state index is 11.2. The number of aromatic nitrogens is 2. The summed E-state index contributed by atoms with van der Waals surface area (Å²) >= 11 is 5.68. The fourth-order valence-electron chi connectivity index (χ4n) is 1.36. The number of halogens is 1. The molecule has 0 amide bonds. The SMILES string of the molecule is Nc1nc(Cl)cc(NC2C=CS(=O)(=O)C2)n1. The van der Waals surface area contributed by atoms with E-state index in [1.54, 1.807) is 6.08 Å². The lowest BCUT2D eigenvalue weighted by Crippen LogP contribution is -2.21. The number of nitrogens with two attached hydrogens (primary N) is 1. The number of nitrogens with zero attached hydrogens (tertiary/aromatic N) is 2. The van der Waals surface area contributed by atoms with Gasteiger partial charge >= 0.3 is 0 Å². The lowest BCUT2D eigenvalue weighted by atomic mass is 10.3. The fourth-order valence-corrected chi connectivity index (χ4v) is 2.79. The van der Waals surface area contributed by atoms with Gasteiger partial charge in [0.05, 0.1) is 11.8 Å². The molecule has 1 aliphatic rings. The first-order valence-electron chi connectivity index (χ1n) is 4.42. The van der Waals surface area contributed by atoms with Crippen LogP contribution in [0.4, 0.5) is 11.8 Å². The van der Waals surface area contributed by atoms with Gasteiger partial charge in [0.2, 0.25) is 5.95 Å². The Balaban J connectivity index is 2.14. The van der Waals surface area contributed by atoms with E-state index in [9.17, 15) is 8.42 Å². The summed E-state index contributed by atoms with van der Waals surface area (Å²) in [4.78, 5) is 7.58. The third-order valence-electron chi connectivity index (χ3n) is 1.98. The van der Waals surface area contributed by atoms with Gasteiger partial charge in [-0.3, -0.25) is 0 Å². The first-order valence-corrected chi connectivity index (χ1v) is 6.51. The van der Waals surface area contributed by atoms with Crippen molar-refractivity contribution in [2.24, 2.45) is 0 Å². The number of nitrogen functional groups attached to an aromatic ring is 1. The van der Waals surface area contributed by atoms with Crippen LogP contribution in [0.5, 0.6) is 0 Å². The minimum atomic E-state index is -3.09. The maximum Gasteiger partial charge on any atom is 0.223 e. The molecule has 16 heavy (non-hydrogen) atoms. The van der Waals surface area contributed by atoms with Crippen molar-refractivity contribution in [2.45, 2.75) is 6.04 Å². The monoisotopic (exact) mass is 260 g/mol. The first kappa shape index (κ1) is 11.2. The number of sulfone groups is 1. The zero-order valence-electron chi connectivity index (χ0n) is 8.09. The second kappa shape index (κ2) is 3.91. The van der Waals surface area contributed by atoms with E-state index < -0.39 is 9.84 Å². The third kappa shape index (κ3) is 2.61. The normalized spacial score (nSPS) is 22.2. The Morgan fingerprint density at radius 3 is 2.81 bits per heavy atom. The van der Waals surface area contributed by atoms with Crippen LogP contribution in [-0.4, -0.2) is 30.2 Å². The molecule has 1 atom stereocenters. The average Bonchev–Trinajstić information content (AvgIpc) is 2.43. The van der Waals surface area contributed by atoms with Gasteiger partial charge in [0.15, 0.2) is 9.84 Å². The van der Waals surface area contributed by atoms with Crippen LogP contribution in [0.25, 0.3) is 0 Å². The fraction of sp³-hybridized carbons (Fsp3) is 0.250.